The normalized spacial score (nSPS) is 11.7. The lowest BCUT2D eigenvalue weighted by Gasteiger charge is -2.20. The van der Waals surface area contributed by atoms with Gasteiger partial charge in [-0.15, -0.1) is 0 Å². The Kier molecular flexibility index (Phi) is 5.38. The molecular formula is C21H27NO. The zero-order chi connectivity index (χ0) is 17.0. The van der Waals surface area contributed by atoms with E-state index in [4.69, 9.17) is 0 Å². The summed E-state index contributed by atoms with van der Waals surface area (Å²) in [6.07, 6.45) is 0. The molecule has 0 N–H and O–H groups in total. The second kappa shape index (κ2) is 7.10. The van der Waals surface area contributed by atoms with E-state index in [1.165, 1.54) is 11.1 Å². The van der Waals surface area contributed by atoms with Crippen molar-refractivity contribution in [1.82, 2.24) is 4.90 Å². The summed E-state index contributed by atoms with van der Waals surface area (Å²) in [5.41, 5.74) is 4.60. The molecule has 2 aromatic carbocycles. The van der Waals surface area contributed by atoms with E-state index in [0.29, 0.717) is 6.54 Å². The maximum Gasteiger partial charge on any atom is 0.177 e. The molecule has 0 spiro atoms. The minimum atomic E-state index is 0.172. The molecule has 0 saturated carbocycles. The van der Waals surface area contributed by atoms with Gasteiger partial charge in [0.15, 0.2) is 5.78 Å². The van der Waals surface area contributed by atoms with Gasteiger partial charge in [0.1, 0.15) is 0 Å². The van der Waals surface area contributed by atoms with Crippen molar-refractivity contribution in [2.45, 2.75) is 39.7 Å². The van der Waals surface area contributed by atoms with Gasteiger partial charge >= 0.3 is 0 Å². The predicted octanol–water partition coefficient (Wildman–Crippen LogP) is 4.61. The fraction of sp³-hybridized carbons (Fsp3) is 0.381. The third kappa shape index (κ3) is 4.77. The molecule has 2 heteroatoms. The molecule has 2 rings (SSSR count). The van der Waals surface area contributed by atoms with Gasteiger partial charge in [-0.05, 0) is 36.1 Å². The van der Waals surface area contributed by atoms with Crippen molar-refractivity contribution in [2.75, 3.05) is 13.6 Å². The molecule has 0 amide bonds. The van der Waals surface area contributed by atoms with Crippen LogP contribution in [0.4, 0.5) is 0 Å². The number of nitrogens with zero attached hydrogens (tertiary/aromatic N) is 1. The molecule has 0 aliphatic carbocycles. The Labute approximate surface area is 140 Å². The number of benzene rings is 2. The molecule has 0 unspecified atom stereocenters. The first-order valence-electron chi connectivity index (χ1n) is 8.14. The Hall–Kier alpha value is -1.93. The zero-order valence-electron chi connectivity index (χ0n) is 14.9. The van der Waals surface area contributed by atoms with Crippen molar-refractivity contribution in [2.24, 2.45) is 0 Å². The van der Waals surface area contributed by atoms with Gasteiger partial charge in [0.05, 0.1) is 6.54 Å². The Morgan fingerprint density at radius 2 is 1.61 bits per heavy atom. The van der Waals surface area contributed by atoms with Crippen molar-refractivity contribution >= 4 is 5.78 Å². The number of ketones is 1. The summed E-state index contributed by atoms with van der Waals surface area (Å²) in [6, 6.07) is 16.5. The average molecular weight is 309 g/mol. The maximum atomic E-state index is 12.4. The molecule has 122 valence electrons. The van der Waals surface area contributed by atoms with E-state index >= 15 is 0 Å². The lowest BCUT2D eigenvalue weighted by Crippen LogP contribution is -2.26. The van der Waals surface area contributed by atoms with Gasteiger partial charge in [0.2, 0.25) is 0 Å². The summed E-state index contributed by atoms with van der Waals surface area (Å²) in [6.45, 7) is 9.85. The molecule has 0 aromatic heterocycles. The first-order valence-corrected chi connectivity index (χ1v) is 8.14. The summed E-state index contributed by atoms with van der Waals surface area (Å²) in [5.74, 6) is 0.178. The summed E-state index contributed by atoms with van der Waals surface area (Å²) < 4.78 is 0. The van der Waals surface area contributed by atoms with Crippen LogP contribution in [-0.4, -0.2) is 24.3 Å². The number of carbonyl (C=O) groups excluding carboxylic acids is 1. The van der Waals surface area contributed by atoms with Crippen LogP contribution in [0, 0.1) is 6.92 Å². The van der Waals surface area contributed by atoms with E-state index in [0.717, 1.165) is 17.7 Å². The van der Waals surface area contributed by atoms with Crippen molar-refractivity contribution in [3.63, 3.8) is 0 Å². The van der Waals surface area contributed by atoms with Gasteiger partial charge in [-0.2, -0.15) is 0 Å². The minimum Gasteiger partial charge on any atom is -0.295 e. The molecule has 0 aliphatic heterocycles. The molecule has 23 heavy (non-hydrogen) atoms. The van der Waals surface area contributed by atoms with Gasteiger partial charge < -0.3 is 0 Å². The molecule has 2 nitrogen and oxygen atoms in total. The Balaban J connectivity index is 1.98. The number of Topliss-reactive ketones (excluding diaryl/α,β-unsaturated/α-hetero) is 1. The van der Waals surface area contributed by atoms with Crippen LogP contribution in [0.2, 0.25) is 0 Å². The number of likely N-dealkylation sites (N-methyl/N-ethyl adjacent to an activating group) is 1. The molecular weight excluding hydrogens is 282 g/mol. The molecule has 0 atom stereocenters. The van der Waals surface area contributed by atoms with E-state index in [9.17, 15) is 4.79 Å². The maximum absolute atomic E-state index is 12.4. The smallest absolute Gasteiger partial charge is 0.177 e. The molecule has 0 heterocycles. The fourth-order valence-electron chi connectivity index (χ4n) is 2.69. The molecule has 0 bridgehead atoms. The highest BCUT2D eigenvalue weighted by molar-refractivity contribution is 5.98. The summed E-state index contributed by atoms with van der Waals surface area (Å²) in [4.78, 5) is 14.5. The van der Waals surface area contributed by atoms with Crippen LogP contribution in [0.3, 0.4) is 0 Å². The molecule has 0 radical (unpaired) electrons. The van der Waals surface area contributed by atoms with E-state index in [1.807, 2.05) is 38.2 Å². The van der Waals surface area contributed by atoms with E-state index in [-0.39, 0.29) is 11.2 Å². The highest BCUT2D eigenvalue weighted by Gasteiger charge is 2.14. The van der Waals surface area contributed by atoms with Crippen molar-refractivity contribution in [3.8, 4) is 0 Å². The summed E-state index contributed by atoms with van der Waals surface area (Å²) in [7, 11) is 1.99. The van der Waals surface area contributed by atoms with Gasteiger partial charge in [-0.3, -0.25) is 9.69 Å². The van der Waals surface area contributed by atoms with Gasteiger partial charge in [0, 0.05) is 12.1 Å². The Bertz CT molecular complexity index is 665. The van der Waals surface area contributed by atoms with E-state index < -0.39 is 0 Å². The SMILES string of the molecule is Cc1ccccc1C(=O)CN(C)Cc1ccc(C(C)(C)C)cc1. The van der Waals surface area contributed by atoms with Crippen LogP contribution < -0.4 is 0 Å². The highest BCUT2D eigenvalue weighted by atomic mass is 16.1. The largest absolute Gasteiger partial charge is 0.295 e. The number of carbonyl (C=O) groups is 1. The zero-order valence-corrected chi connectivity index (χ0v) is 14.9. The van der Waals surface area contributed by atoms with Crippen LogP contribution in [0.5, 0.6) is 0 Å². The average Bonchev–Trinajstić information content (AvgIpc) is 2.47. The van der Waals surface area contributed by atoms with Crippen molar-refractivity contribution < 1.29 is 4.79 Å². The third-order valence-corrected chi connectivity index (χ3v) is 4.13. The van der Waals surface area contributed by atoms with Crippen LogP contribution >= 0.6 is 0 Å². The first-order chi connectivity index (χ1) is 10.8. The quantitative estimate of drug-likeness (QED) is 0.752. The lowest BCUT2D eigenvalue weighted by atomic mass is 9.87. The third-order valence-electron chi connectivity index (χ3n) is 4.13. The monoisotopic (exact) mass is 309 g/mol. The van der Waals surface area contributed by atoms with Gasteiger partial charge in [-0.1, -0.05) is 69.3 Å². The number of aryl methyl sites for hydroxylation is 1. The fourth-order valence-corrected chi connectivity index (χ4v) is 2.69. The summed E-state index contributed by atoms with van der Waals surface area (Å²) in [5, 5.41) is 0. The number of rotatable bonds is 5. The second-order valence-corrected chi connectivity index (χ2v) is 7.36. The van der Waals surface area contributed by atoms with Gasteiger partial charge in [-0.25, -0.2) is 0 Å². The molecule has 0 saturated heterocycles. The van der Waals surface area contributed by atoms with Crippen LogP contribution in [0.1, 0.15) is 47.8 Å². The van der Waals surface area contributed by atoms with Crippen molar-refractivity contribution in [1.29, 1.82) is 0 Å². The number of hydrogen-bond donors (Lipinski definition) is 0. The van der Waals surface area contributed by atoms with E-state index in [2.05, 4.69) is 49.9 Å². The topological polar surface area (TPSA) is 20.3 Å². The van der Waals surface area contributed by atoms with Crippen molar-refractivity contribution in [3.05, 3.63) is 70.8 Å². The Morgan fingerprint density at radius 1 is 1.00 bits per heavy atom. The standard InChI is InChI=1S/C21H27NO/c1-16-8-6-7-9-19(16)20(23)15-22(5)14-17-10-12-18(13-11-17)21(2,3)4/h6-13H,14-15H2,1-5H3. The second-order valence-electron chi connectivity index (χ2n) is 7.36. The molecule has 0 fully saturated rings. The molecule has 0 aliphatic rings. The molecule has 2 aromatic rings. The van der Waals surface area contributed by atoms with Crippen LogP contribution in [0.15, 0.2) is 48.5 Å². The first kappa shape index (κ1) is 17.4. The number of hydrogen-bond acceptors (Lipinski definition) is 2. The van der Waals surface area contributed by atoms with E-state index in [1.54, 1.807) is 0 Å². The predicted molar refractivity (Wildman–Crippen MR) is 97.0 cm³/mol. The lowest BCUT2D eigenvalue weighted by molar-refractivity contribution is 0.0942. The summed E-state index contributed by atoms with van der Waals surface area (Å²) >= 11 is 0. The highest BCUT2D eigenvalue weighted by Crippen LogP contribution is 2.22. The Morgan fingerprint density at radius 3 is 2.17 bits per heavy atom. The minimum absolute atomic E-state index is 0.172. The van der Waals surface area contributed by atoms with Crippen LogP contribution in [-0.2, 0) is 12.0 Å². The van der Waals surface area contributed by atoms with Crippen LogP contribution in [0.25, 0.3) is 0 Å². The van der Waals surface area contributed by atoms with Gasteiger partial charge in [0.25, 0.3) is 0 Å².